The second kappa shape index (κ2) is 12.3. The van der Waals surface area contributed by atoms with Crippen molar-refractivity contribution in [1.82, 2.24) is 10.6 Å². The third-order valence-corrected chi connectivity index (χ3v) is 5.56. The Morgan fingerprint density at radius 1 is 1.18 bits per heavy atom. The second-order valence-electron chi connectivity index (χ2n) is 7.09. The van der Waals surface area contributed by atoms with Gasteiger partial charge in [0, 0.05) is 43.1 Å². The summed E-state index contributed by atoms with van der Waals surface area (Å²) < 4.78 is 10.9. The molecule has 5 nitrogen and oxygen atoms in total. The normalized spacial score (nSPS) is 11.7. The Morgan fingerprint density at radius 2 is 1.96 bits per heavy atom. The van der Waals surface area contributed by atoms with E-state index in [1.54, 1.807) is 25.5 Å². The van der Waals surface area contributed by atoms with Crippen LogP contribution >= 0.6 is 35.3 Å². The molecule has 1 aromatic heterocycles. The number of methoxy groups -OCH3 is 1. The van der Waals surface area contributed by atoms with Gasteiger partial charge in [-0.3, -0.25) is 4.99 Å². The largest absolute Gasteiger partial charge is 0.491 e. The first-order valence-electron chi connectivity index (χ1n) is 9.16. The van der Waals surface area contributed by atoms with Gasteiger partial charge in [0.15, 0.2) is 5.96 Å². The summed E-state index contributed by atoms with van der Waals surface area (Å²) >= 11 is 1.79. The predicted molar refractivity (Wildman–Crippen MR) is 130 cm³/mol. The fraction of sp³-hybridized carbons (Fsp3) is 0.476. The number of rotatable bonds is 9. The van der Waals surface area contributed by atoms with E-state index in [0.29, 0.717) is 19.8 Å². The highest BCUT2D eigenvalue weighted by Gasteiger charge is 2.22. The van der Waals surface area contributed by atoms with Gasteiger partial charge >= 0.3 is 0 Å². The molecule has 7 heteroatoms. The lowest BCUT2D eigenvalue weighted by molar-refractivity contribution is 0.145. The Hall–Kier alpha value is -1.32. The molecule has 0 saturated carbocycles. The monoisotopic (exact) mass is 517 g/mol. The third kappa shape index (κ3) is 7.60. The first kappa shape index (κ1) is 24.7. The topological polar surface area (TPSA) is 54.9 Å². The molecule has 28 heavy (non-hydrogen) atoms. The average Bonchev–Trinajstić information content (AvgIpc) is 3.19. The smallest absolute Gasteiger partial charge is 0.191 e. The number of nitrogens with zero attached hydrogens (tertiary/aromatic N) is 1. The van der Waals surface area contributed by atoms with Crippen molar-refractivity contribution in [2.75, 3.05) is 33.9 Å². The maximum Gasteiger partial charge on any atom is 0.191 e. The minimum absolute atomic E-state index is 0. The molecular weight excluding hydrogens is 485 g/mol. The molecule has 0 aliphatic heterocycles. The fourth-order valence-corrected chi connectivity index (χ4v) is 3.48. The minimum Gasteiger partial charge on any atom is -0.491 e. The van der Waals surface area contributed by atoms with Gasteiger partial charge in [0.2, 0.25) is 0 Å². The third-order valence-electron chi connectivity index (χ3n) is 4.32. The first-order chi connectivity index (χ1) is 13.0. The maximum absolute atomic E-state index is 5.86. The highest BCUT2D eigenvalue weighted by Crippen LogP contribution is 2.26. The Kier molecular flexibility index (Phi) is 10.8. The van der Waals surface area contributed by atoms with Gasteiger partial charge in [-0.2, -0.15) is 0 Å². The van der Waals surface area contributed by atoms with E-state index in [2.05, 4.69) is 72.1 Å². The fourth-order valence-electron chi connectivity index (χ4n) is 2.63. The predicted octanol–water partition coefficient (Wildman–Crippen LogP) is 4.34. The van der Waals surface area contributed by atoms with Crippen LogP contribution in [-0.2, 0) is 16.7 Å². The summed E-state index contributed by atoms with van der Waals surface area (Å²) in [5, 5.41) is 8.94. The molecule has 0 amide bonds. The summed E-state index contributed by atoms with van der Waals surface area (Å²) in [5.74, 6) is 1.66. The highest BCUT2D eigenvalue weighted by molar-refractivity contribution is 14.0. The number of aliphatic imine (C=N–C) groups is 1. The van der Waals surface area contributed by atoms with Crippen LogP contribution in [0.2, 0.25) is 0 Å². The van der Waals surface area contributed by atoms with Crippen molar-refractivity contribution in [3.63, 3.8) is 0 Å². The van der Waals surface area contributed by atoms with Gasteiger partial charge in [-0.25, -0.2) is 0 Å². The zero-order valence-electron chi connectivity index (χ0n) is 17.4. The Bertz CT molecular complexity index is 733. The summed E-state index contributed by atoms with van der Waals surface area (Å²) in [7, 11) is 3.47. The summed E-state index contributed by atoms with van der Waals surface area (Å²) in [4.78, 5) is 5.71. The molecule has 0 atom stereocenters. The van der Waals surface area contributed by atoms with Crippen molar-refractivity contribution in [2.24, 2.45) is 4.99 Å². The molecule has 0 aliphatic carbocycles. The van der Waals surface area contributed by atoms with Crippen molar-refractivity contribution < 1.29 is 9.47 Å². The van der Waals surface area contributed by atoms with Crippen molar-refractivity contribution in [1.29, 1.82) is 0 Å². The Balaban J connectivity index is 0.00000392. The van der Waals surface area contributed by atoms with E-state index >= 15 is 0 Å². The maximum atomic E-state index is 5.86. The number of ether oxygens (including phenoxy) is 2. The van der Waals surface area contributed by atoms with E-state index in [-0.39, 0.29) is 29.4 Å². The zero-order chi connectivity index (χ0) is 19.7. The highest BCUT2D eigenvalue weighted by atomic mass is 127. The van der Waals surface area contributed by atoms with Gasteiger partial charge < -0.3 is 20.1 Å². The summed E-state index contributed by atoms with van der Waals surface area (Å²) in [6.45, 7) is 9.09. The van der Waals surface area contributed by atoms with Crippen LogP contribution in [-0.4, -0.2) is 39.9 Å². The first-order valence-corrected chi connectivity index (χ1v) is 10.0. The van der Waals surface area contributed by atoms with E-state index < -0.39 is 0 Å². The Morgan fingerprint density at radius 3 is 2.61 bits per heavy atom. The molecule has 1 aromatic carbocycles. The second-order valence-corrected chi connectivity index (χ2v) is 8.04. The van der Waals surface area contributed by atoms with Crippen LogP contribution in [0.5, 0.6) is 5.75 Å². The van der Waals surface area contributed by atoms with Crippen LogP contribution < -0.4 is 15.4 Å². The molecule has 2 aromatic rings. The summed E-state index contributed by atoms with van der Waals surface area (Å²) in [6.07, 6.45) is 0. The SMILES string of the molecule is CN=C(NCc1ccc(C)cc1OCCOC)NCC(C)(C)c1cccs1.I. The zero-order valence-corrected chi connectivity index (χ0v) is 20.5. The van der Waals surface area contributed by atoms with Gasteiger partial charge in [-0.05, 0) is 30.0 Å². The summed E-state index contributed by atoms with van der Waals surface area (Å²) in [6, 6.07) is 10.5. The van der Waals surface area contributed by atoms with Gasteiger partial charge in [-0.15, -0.1) is 35.3 Å². The summed E-state index contributed by atoms with van der Waals surface area (Å²) in [5.41, 5.74) is 2.31. The molecule has 0 aliphatic rings. The number of hydrogen-bond donors (Lipinski definition) is 2. The molecule has 0 fully saturated rings. The number of thiophene rings is 1. The number of hydrogen-bond acceptors (Lipinski definition) is 4. The van der Waals surface area contributed by atoms with E-state index in [1.165, 1.54) is 10.4 Å². The van der Waals surface area contributed by atoms with Crippen molar-refractivity contribution in [2.45, 2.75) is 32.7 Å². The van der Waals surface area contributed by atoms with Gasteiger partial charge in [0.05, 0.1) is 6.61 Å². The number of nitrogens with one attached hydrogen (secondary N) is 2. The lowest BCUT2D eigenvalue weighted by Gasteiger charge is -2.25. The van der Waals surface area contributed by atoms with Crippen molar-refractivity contribution in [3.05, 3.63) is 51.7 Å². The van der Waals surface area contributed by atoms with E-state index in [1.807, 2.05) is 0 Å². The quantitative estimate of drug-likeness (QED) is 0.225. The van der Waals surface area contributed by atoms with Crippen molar-refractivity contribution in [3.8, 4) is 5.75 Å². The van der Waals surface area contributed by atoms with Crippen LogP contribution in [0.15, 0.2) is 40.7 Å². The van der Waals surface area contributed by atoms with Crippen molar-refractivity contribution >= 4 is 41.3 Å². The Labute approximate surface area is 190 Å². The van der Waals surface area contributed by atoms with E-state index in [4.69, 9.17) is 9.47 Å². The molecule has 156 valence electrons. The molecule has 0 saturated heterocycles. The molecule has 0 radical (unpaired) electrons. The molecule has 2 N–H and O–H groups in total. The number of aryl methyl sites for hydroxylation is 1. The molecule has 0 bridgehead atoms. The number of halogens is 1. The minimum atomic E-state index is 0. The van der Waals surface area contributed by atoms with Crippen LogP contribution in [0.3, 0.4) is 0 Å². The molecule has 2 rings (SSSR count). The number of guanidine groups is 1. The average molecular weight is 517 g/mol. The lowest BCUT2D eigenvalue weighted by Crippen LogP contribution is -2.43. The molecule has 0 spiro atoms. The van der Waals surface area contributed by atoms with Crippen LogP contribution in [0, 0.1) is 6.92 Å². The van der Waals surface area contributed by atoms with Crippen LogP contribution in [0.25, 0.3) is 0 Å². The van der Waals surface area contributed by atoms with E-state index in [0.717, 1.165) is 23.8 Å². The van der Waals surface area contributed by atoms with Crippen LogP contribution in [0.1, 0.15) is 29.9 Å². The molecule has 0 unspecified atom stereocenters. The lowest BCUT2D eigenvalue weighted by atomic mass is 9.91. The molecule has 1 heterocycles. The van der Waals surface area contributed by atoms with Gasteiger partial charge in [0.1, 0.15) is 12.4 Å². The van der Waals surface area contributed by atoms with Gasteiger partial charge in [-0.1, -0.05) is 32.0 Å². The van der Waals surface area contributed by atoms with Gasteiger partial charge in [0.25, 0.3) is 0 Å². The standard InChI is InChI=1S/C21H31N3O2S.HI/c1-16-8-9-17(18(13-16)26-11-10-25-5)14-23-20(22-4)24-15-21(2,3)19-7-6-12-27-19;/h6-9,12-13H,10-11,14-15H2,1-5H3,(H2,22,23,24);1H. The van der Waals surface area contributed by atoms with E-state index in [9.17, 15) is 0 Å². The molecular formula is C21H32IN3O2S. The van der Waals surface area contributed by atoms with Crippen LogP contribution in [0.4, 0.5) is 0 Å². The number of benzene rings is 1.